The van der Waals surface area contributed by atoms with Crippen molar-refractivity contribution >= 4 is 11.6 Å². The second-order valence-electron chi connectivity index (χ2n) is 7.60. The molecule has 0 saturated carbocycles. The van der Waals surface area contributed by atoms with Gasteiger partial charge in [-0.15, -0.1) is 0 Å². The lowest BCUT2D eigenvalue weighted by atomic mass is 10.2. The average molecular weight is 370 g/mol. The lowest BCUT2D eigenvalue weighted by molar-refractivity contribution is -0.134. The Morgan fingerprint density at radius 1 is 1.04 bits per heavy atom. The third-order valence-electron chi connectivity index (χ3n) is 5.97. The van der Waals surface area contributed by atoms with Crippen molar-refractivity contribution in [3.8, 4) is 6.07 Å². The number of benzene rings is 1. The van der Waals surface area contributed by atoms with Gasteiger partial charge in [-0.25, -0.2) is 0 Å². The maximum atomic E-state index is 12.7. The van der Waals surface area contributed by atoms with Crippen LogP contribution in [0.2, 0.25) is 0 Å². The number of hydrogen-bond acceptors (Lipinski definition) is 5. The van der Waals surface area contributed by atoms with E-state index in [1.54, 1.807) is 0 Å². The molecule has 2 aliphatic rings. The first kappa shape index (κ1) is 19.7. The van der Waals surface area contributed by atoms with Gasteiger partial charge in [0.2, 0.25) is 5.91 Å². The third-order valence-corrected chi connectivity index (χ3v) is 5.97. The quantitative estimate of drug-likeness (QED) is 0.790. The Hall–Kier alpha value is -2.10. The Labute approximate surface area is 162 Å². The molecular formula is C21H31N5O. The molecule has 0 aromatic heterocycles. The van der Waals surface area contributed by atoms with Gasteiger partial charge in [-0.1, -0.05) is 6.92 Å². The molecule has 3 rings (SSSR count). The number of carbonyl (C=O) groups is 1. The summed E-state index contributed by atoms with van der Waals surface area (Å²) < 4.78 is 0. The highest BCUT2D eigenvalue weighted by molar-refractivity contribution is 5.78. The highest BCUT2D eigenvalue weighted by Gasteiger charge is 2.26. The van der Waals surface area contributed by atoms with Crippen LogP contribution in [0.25, 0.3) is 0 Å². The Bertz CT molecular complexity index is 652. The van der Waals surface area contributed by atoms with E-state index in [2.05, 4.69) is 34.6 Å². The molecule has 6 heteroatoms. The van der Waals surface area contributed by atoms with Crippen LogP contribution in [0.3, 0.4) is 0 Å². The SMILES string of the molecule is CCC(C)N1CCN(C(=O)CN2CCN(c3ccc(C#N)cc3)CC2)CC1. The molecule has 0 bridgehead atoms. The number of rotatable bonds is 5. The Morgan fingerprint density at radius 3 is 2.22 bits per heavy atom. The predicted molar refractivity (Wildman–Crippen MR) is 108 cm³/mol. The van der Waals surface area contributed by atoms with Gasteiger partial charge in [-0.3, -0.25) is 14.6 Å². The molecule has 2 saturated heterocycles. The van der Waals surface area contributed by atoms with Gasteiger partial charge >= 0.3 is 0 Å². The third kappa shape index (κ3) is 5.00. The maximum absolute atomic E-state index is 12.7. The van der Waals surface area contributed by atoms with Gasteiger partial charge in [-0.05, 0) is 37.6 Å². The fourth-order valence-electron chi connectivity index (χ4n) is 3.87. The van der Waals surface area contributed by atoms with E-state index in [9.17, 15) is 4.79 Å². The molecule has 2 heterocycles. The zero-order valence-corrected chi connectivity index (χ0v) is 16.6. The predicted octanol–water partition coefficient (Wildman–Crippen LogP) is 1.62. The first-order chi connectivity index (χ1) is 13.1. The minimum Gasteiger partial charge on any atom is -0.369 e. The summed E-state index contributed by atoms with van der Waals surface area (Å²) in [6.45, 7) is 12.4. The van der Waals surface area contributed by atoms with Crippen molar-refractivity contribution in [2.24, 2.45) is 0 Å². The van der Waals surface area contributed by atoms with E-state index in [-0.39, 0.29) is 5.91 Å². The molecule has 1 atom stereocenters. The summed E-state index contributed by atoms with van der Waals surface area (Å²) in [6, 6.07) is 10.5. The van der Waals surface area contributed by atoms with Crippen LogP contribution in [0.5, 0.6) is 0 Å². The zero-order valence-electron chi connectivity index (χ0n) is 16.6. The number of piperazine rings is 2. The highest BCUT2D eigenvalue weighted by Crippen LogP contribution is 2.17. The molecule has 1 aromatic carbocycles. The second-order valence-corrected chi connectivity index (χ2v) is 7.60. The van der Waals surface area contributed by atoms with Crippen molar-refractivity contribution in [3.63, 3.8) is 0 Å². The second kappa shape index (κ2) is 9.20. The molecule has 0 radical (unpaired) electrons. The summed E-state index contributed by atoms with van der Waals surface area (Å²) in [5.74, 6) is 0.269. The number of anilines is 1. The van der Waals surface area contributed by atoms with E-state index in [0.29, 0.717) is 18.2 Å². The summed E-state index contributed by atoms with van der Waals surface area (Å²) in [6.07, 6.45) is 1.16. The molecule has 1 aromatic rings. The summed E-state index contributed by atoms with van der Waals surface area (Å²) in [5, 5.41) is 8.91. The van der Waals surface area contributed by atoms with Gasteiger partial charge in [-0.2, -0.15) is 5.26 Å². The summed E-state index contributed by atoms with van der Waals surface area (Å²) in [5.41, 5.74) is 1.84. The van der Waals surface area contributed by atoms with Crippen LogP contribution in [0.4, 0.5) is 5.69 Å². The average Bonchev–Trinajstić information content (AvgIpc) is 2.74. The molecule has 27 heavy (non-hydrogen) atoms. The van der Waals surface area contributed by atoms with Crippen LogP contribution < -0.4 is 4.90 Å². The van der Waals surface area contributed by atoms with Crippen molar-refractivity contribution in [1.29, 1.82) is 5.26 Å². The van der Waals surface area contributed by atoms with Gasteiger partial charge < -0.3 is 9.80 Å². The number of nitrogens with zero attached hydrogens (tertiary/aromatic N) is 5. The Morgan fingerprint density at radius 2 is 1.67 bits per heavy atom. The fourth-order valence-corrected chi connectivity index (χ4v) is 3.87. The van der Waals surface area contributed by atoms with Crippen molar-refractivity contribution < 1.29 is 4.79 Å². The van der Waals surface area contributed by atoms with Crippen LogP contribution >= 0.6 is 0 Å². The van der Waals surface area contributed by atoms with Crippen LogP contribution in [-0.4, -0.2) is 85.6 Å². The van der Waals surface area contributed by atoms with Crippen LogP contribution in [-0.2, 0) is 4.79 Å². The minimum absolute atomic E-state index is 0.269. The first-order valence-electron chi connectivity index (χ1n) is 10.1. The van der Waals surface area contributed by atoms with E-state index >= 15 is 0 Å². The number of amides is 1. The Kier molecular flexibility index (Phi) is 6.70. The van der Waals surface area contributed by atoms with E-state index in [0.717, 1.165) is 64.5 Å². The van der Waals surface area contributed by atoms with Crippen LogP contribution in [0.1, 0.15) is 25.8 Å². The smallest absolute Gasteiger partial charge is 0.236 e. The first-order valence-corrected chi connectivity index (χ1v) is 10.1. The maximum Gasteiger partial charge on any atom is 0.236 e. The molecule has 6 nitrogen and oxygen atoms in total. The van der Waals surface area contributed by atoms with Crippen LogP contribution in [0, 0.1) is 11.3 Å². The van der Waals surface area contributed by atoms with Crippen LogP contribution in [0.15, 0.2) is 24.3 Å². The topological polar surface area (TPSA) is 53.8 Å². The molecule has 146 valence electrons. The van der Waals surface area contributed by atoms with E-state index in [1.165, 1.54) is 0 Å². The summed E-state index contributed by atoms with van der Waals surface area (Å²) in [7, 11) is 0. The van der Waals surface area contributed by atoms with E-state index < -0.39 is 0 Å². The van der Waals surface area contributed by atoms with Gasteiger partial charge in [0, 0.05) is 64.1 Å². The monoisotopic (exact) mass is 369 g/mol. The molecule has 0 aliphatic carbocycles. The molecule has 1 amide bonds. The number of nitriles is 1. The van der Waals surface area contributed by atoms with Gasteiger partial charge in [0.1, 0.15) is 0 Å². The highest BCUT2D eigenvalue weighted by atomic mass is 16.2. The van der Waals surface area contributed by atoms with Gasteiger partial charge in [0.15, 0.2) is 0 Å². The minimum atomic E-state index is 0.269. The molecule has 1 unspecified atom stereocenters. The van der Waals surface area contributed by atoms with Crippen molar-refractivity contribution in [2.45, 2.75) is 26.3 Å². The molecule has 0 N–H and O–H groups in total. The van der Waals surface area contributed by atoms with Gasteiger partial charge in [0.05, 0.1) is 18.2 Å². The molecule has 2 fully saturated rings. The lowest BCUT2D eigenvalue weighted by Crippen LogP contribution is -2.55. The van der Waals surface area contributed by atoms with Crippen molar-refractivity contribution in [2.75, 3.05) is 63.8 Å². The van der Waals surface area contributed by atoms with Gasteiger partial charge in [0.25, 0.3) is 0 Å². The summed E-state index contributed by atoms with van der Waals surface area (Å²) in [4.78, 5) is 21.8. The largest absolute Gasteiger partial charge is 0.369 e. The van der Waals surface area contributed by atoms with E-state index in [4.69, 9.17) is 5.26 Å². The van der Waals surface area contributed by atoms with Crippen molar-refractivity contribution in [3.05, 3.63) is 29.8 Å². The molecule has 0 spiro atoms. The summed E-state index contributed by atoms with van der Waals surface area (Å²) >= 11 is 0. The number of carbonyl (C=O) groups excluding carboxylic acids is 1. The van der Waals surface area contributed by atoms with Crippen molar-refractivity contribution in [1.82, 2.24) is 14.7 Å². The number of hydrogen-bond donors (Lipinski definition) is 0. The van der Waals surface area contributed by atoms with E-state index in [1.807, 2.05) is 29.2 Å². The molecule has 2 aliphatic heterocycles. The lowest BCUT2D eigenvalue weighted by Gasteiger charge is -2.40. The normalized spacial score (nSPS) is 20.3. The molecular weight excluding hydrogens is 338 g/mol. The standard InChI is InChI=1S/C21H31N5O/c1-3-18(2)24-12-14-26(15-13-24)21(27)17-23-8-10-25(11-9-23)20-6-4-19(16-22)5-7-20/h4-7,18H,3,8-15,17H2,1-2H3. The zero-order chi connectivity index (χ0) is 19.2. The fraction of sp³-hybridized carbons (Fsp3) is 0.619. The Balaban J connectivity index is 1.42.